The van der Waals surface area contributed by atoms with Crippen LogP contribution in [0, 0.1) is 11.3 Å². The maximum Gasteiger partial charge on any atom is 0.404 e. The molecule has 2 aliphatic heterocycles. The average molecular weight is 456 g/mol. The summed E-state index contributed by atoms with van der Waals surface area (Å²) in [6.45, 7) is 0.957. The zero-order valence-electron chi connectivity index (χ0n) is 18.0. The van der Waals surface area contributed by atoms with Crippen LogP contribution in [-0.4, -0.2) is 47.2 Å². The number of nitrogens with one attached hydrogen (secondary N) is 1. The first kappa shape index (κ1) is 21.4. The van der Waals surface area contributed by atoms with E-state index in [0.29, 0.717) is 41.5 Å². The van der Waals surface area contributed by atoms with Gasteiger partial charge in [-0.15, -0.1) is 5.06 Å². The quantitative estimate of drug-likeness (QED) is 0.565. The van der Waals surface area contributed by atoms with Crippen LogP contribution in [0.4, 0.5) is 10.5 Å². The lowest BCUT2D eigenvalue weighted by Crippen LogP contribution is -2.40. The summed E-state index contributed by atoms with van der Waals surface area (Å²) in [4.78, 5) is 45.1. The lowest BCUT2D eigenvalue weighted by Gasteiger charge is -2.29. The highest BCUT2D eigenvalue weighted by molar-refractivity contribution is 6.26. The molecule has 3 aromatic rings. The number of anilines is 1. The molecule has 2 N–H and O–H groups in total. The van der Waals surface area contributed by atoms with Crippen LogP contribution in [0.3, 0.4) is 0 Å². The number of carboxylic acid groups (broad SMARTS) is 1. The first-order valence-corrected chi connectivity index (χ1v) is 10.8. The Labute approximate surface area is 194 Å². The molecule has 2 aliphatic rings. The SMILES string of the molecule is N#Cc1cc2c3c(cccc3c1N1CC[C@H](NC(=O)O)C1)C(=O)N(OCc1ccccc1)C2=O. The van der Waals surface area contributed by atoms with E-state index in [2.05, 4.69) is 11.4 Å². The molecular weight excluding hydrogens is 436 g/mol. The fourth-order valence-corrected chi connectivity index (χ4v) is 4.64. The number of imide groups is 1. The first-order valence-electron chi connectivity index (χ1n) is 10.8. The van der Waals surface area contributed by atoms with Crippen LogP contribution in [0.2, 0.25) is 0 Å². The van der Waals surface area contributed by atoms with E-state index >= 15 is 0 Å². The Kier molecular flexibility index (Phi) is 5.36. The number of hydrogen-bond acceptors (Lipinski definition) is 6. The van der Waals surface area contributed by atoms with Gasteiger partial charge in [-0.05, 0) is 24.1 Å². The molecule has 1 atom stereocenters. The van der Waals surface area contributed by atoms with Crippen molar-refractivity contribution < 1.29 is 24.3 Å². The minimum absolute atomic E-state index is 0.0402. The molecule has 3 amide bonds. The number of carbonyl (C=O) groups excluding carboxylic acids is 2. The molecule has 5 rings (SSSR count). The summed E-state index contributed by atoms with van der Waals surface area (Å²) < 4.78 is 0. The van der Waals surface area contributed by atoms with Gasteiger partial charge in [-0.3, -0.25) is 14.4 Å². The Hall–Kier alpha value is -4.42. The molecule has 3 aromatic carbocycles. The van der Waals surface area contributed by atoms with E-state index in [9.17, 15) is 19.6 Å². The van der Waals surface area contributed by atoms with Crippen molar-refractivity contribution in [3.8, 4) is 6.07 Å². The number of nitrogens with zero attached hydrogens (tertiary/aromatic N) is 3. The fraction of sp³-hybridized carbons (Fsp3) is 0.200. The van der Waals surface area contributed by atoms with Crippen LogP contribution < -0.4 is 10.2 Å². The summed E-state index contributed by atoms with van der Waals surface area (Å²) in [6, 6.07) is 17.7. The molecule has 0 bridgehead atoms. The Bertz CT molecular complexity index is 1370. The summed E-state index contributed by atoms with van der Waals surface area (Å²) in [7, 11) is 0. The number of benzene rings is 3. The second-order valence-corrected chi connectivity index (χ2v) is 8.21. The fourth-order valence-electron chi connectivity index (χ4n) is 4.64. The van der Waals surface area contributed by atoms with Crippen LogP contribution >= 0.6 is 0 Å². The maximum atomic E-state index is 13.3. The Morgan fingerprint density at radius 3 is 2.62 bits per heavy atom. The second-order valence-electron chi connectivity index (χ2n) is 8.21. The third-order valence-electron chi connectivity index (χ3n) is 6.12. The minimum atomic E-state index is -1.10. The van der Waals surface area contributed by atoms with Crippen molar-refractivity contribution in [3.05, 3.63) is 76.9 Å². The van der Waals surface area contributed by atoms with E-state index in [1.54, 1.807) is 18.2 Å². The van der Waals surface area contributed by atoms with Crippen LogP contribution in [0.15, 0.2) is 54.6 Å². The molecule has 170 valence electrons. The van der Waals surface area contributed by atoms with Gasteiger partial charge in [0, 0.05) is 23.9 Å². The molecule has 0 unspecified atom stereocenters. The summed E-state index contributed by atoms with van der Waals surface area (Å²) in [5.41, 5.74) is 2.21. The molecule has 2 heterocycles. The van der Waals surface area contributed by atoms with Crippen LogP contribution in [0.1, 0.15) is 38.3 Å². The maximum absolute atomic E-state index is 13.3. The summed E-state index contributed by atoms with van der Waals surface area (Å²) in [5.74, 6) is -1.19. The first-order chi connectivity index (χ1) is 16.5. The zero-order valence-corrected chi connectivity index (χ0v) is 18.0. The van der Waals surface area contributed by atoms with Crippen LogP contribution in [-0.2, 0) is 11.4 Å². The largest absolute Gasteiger partial charge is 0.465 e. The zero-order chi connectivity index (χ0) is 23.8. The Balaban J connectivity index is 1.55. The van der Waals surface area contributed by atoms with Crippen molar-refractivity contribution in [2.45, 2.75) is 19.1 Å². The van der Waals surface area contributed by atoms with Gasteiger partial charge in [0.2, 0.25) is 0 Å². The number of amides is 3. The van der Waals surface area contributed by atoms with Gasteiger partial charge in [0.15, 0.2) is 0 Å². The van der Waals surface area contributed by atoms with Crippen molar-refractivity contribution in [2.24, 2.45) is 0 Å². The van der Waals surface area contributed by atoms with E-state index in [4.69, 9.17) is 9.94 Å². The predicted molar refractivity (Wildman–Crippen MR) is 122 cm³/mol. The molecule has 34 heavy (non-hydrogen) atoms. The number of rotatable bonds is 5. The van der Waals surface area contributed by atoms with E-state index in [0.717, 1.165) is 10.6 Å². The second kappa shape index (κ2) is 8.50. The Morgan fingerprint density at radius 1 is 1.12 bits per heavy atom. The molecule has 0 spiro atoms. The van der Waals surface area contributed by atoms with Crippen LogP contribution in [0.25, 0.3) is 10.8 Å². The molecule has 0 radical (unpaired) electrons. The third-order valence-corrected chi connectivity index (χ3v) is 6.12. The smallest absolute Gasteiger partial charge is 0.404 e. The van der Waals surface area contributed by atoms with Gasteiger partial charge in [0.05, 0.1) is 28.4 Å². The number of carbonyl (C=O) groups is 3. The molecule has 0 aromatic heterocycles. The standard InChI is InChI=1S/C25H20N4O5/c26-12-16-11-20-21-18(22(16)28-10-9-17(13-28)27-25(32)33)7-4-8-19(21)23(30)29(24(20)31)34-14-15-5-2-1-3-6-15/h1-8,11,17,27H,9-10,13-14H2,(H,32,33)/t17-/m0/s1. The van der Waals surface area contributed by atoms with Gasteiger partial charge in [0.25, 0.3) is 11.8 Å². The van der Waals surface area contributed by atoms with Crippen molar-refractivity contribution in [2.75, 3.05) is 18.0 Å². The van der Waals surface area contributed by atoms with Gasteiger partial charge in [-0.1, -0.05) is 42.5 Å². The summed E-state index contributed by atoms with van der Waals surface area (Å²) >= 11 is 0. The monoisotopic (exact) mass is 456 g/mol. The van der Waals surface area contributed by atoms with Gasteiger partial charge in [-0.2, -0.15) is 5.26 Å². The molecule has 9 heteroatoms. The highest BCUT2D eigenvalue weighted by atomic mass is 16.7. The number of hydrogen-bond donors (Lipinski definition) is 2. The number of nitriles is 1. The molecule has 0 aliphatic carbocycles. The van der Waals surface area contributed by atoms with Crippen molar-refractivity contribution >= 4 is 34.4 Å². The summed E-state index contributed by atoms with van der Waals surface area (Å²) in [5, 5.41) is 23.3. The van der Waals surface area contributed by atoms with Gasteiger partial charge < -0.3 is 15.3 Å². The van der Waals surface area contributed by atoms with Crippen LogP contribution in [0.5, 0.6) is 0 Å². The minimum Gasteiger partial charge on any atom is -0.465 e. The lowest BCUT2D eigenvalue weighted by molar-refractivity contribution is -0.104. The van der Waals surface area contributed by atoms with E-state index < -0.39 is 17.9 Å². The van der Waals surface area contributed by atoms with Gasteiger partial charge in [-0.25, -0.2) is 4.79 Å². The molecule has 9 nitrogen and oxygen atoms in total. The molecule has 1 saturated heterocycles. The molecular formula is C25H20N4O5. The van der Waals surface area contributed by atoms with Crippen molar-refractivity contribution in [1.82, 2.24) is 10.4 Å². The van der Waals surface area contributed by atoms with Gasteiger partial charge in [0.1, 0.15) is 12.7 Å². The normalized spacial score (nSPS) is 17.2. The van der Waals surface area contributed by atoms with Gasteiger partial charge >= 0.3 is 6.09 Å². The van der Waals surface area contributed by atoms with E-state index in [1.807, 2.05) is 35.2 Å². The highest BCUT2D eigenvalue weighted by Gasteiger charge is 2.37. The van der Waals surface area contributed by atoms with E-state index in [1.165, 1.54) is 6.07 Å². The van der Waals surface area contributed by atoms with E-state index in [-0.39, 0.29) is 23.8 Å². The Morgan fingerprint density at radius 2 is 1.88 bits per heavy atom. The topological polar surface area (TPSA) is 123 Å². The van der Waals surface area contributed by atoms with Crippen molar-refractivity contribution in [3.63, 3.8) is 0 Å². The predicted octanol–water partition coefficient (Wildman–Crippen LogP) is 3.29. The lowest BCUT2D eigenvalue weighted by atomic mass is 9.91. The molecule has 1 fully saturated rings. The number of hydroxylamine groups is 2. The average Bonchev–Trinajstić information content (AvgIpc) is 3.29. The third kappa shape index (κ3) is 3.60. The molecule has 0 saturated carbocycles. The summed E-state index contributed by atoms with van der Waals surface area (Å²) in [6.07, 6.45) is -0.518. The van der Waals surface area contributed by atoms with Crippen molar-refractivity contribution in [1.29, 1.82) is 5.26 Å². The highest BCUT2D eigenvalue weighted by Crippen LogP contribution is 2.39.